The molecule has 2 heteroatoms. The molecule has 0 fully saturated rings. The molecule has 0 radical (unpaired) electrons. The molecule has 0 aromatic heterocycles. The topological polar surface area (TPSA) is 0 Å². The number of halogens is 1. The number of hydrogen-bond acceptors (Lipinski definition) is 0. The fourth-order valence-corrected chi connectivity index (χ4v) is 0.997. The molecule has 0 aromatic carbocycles. The van der Waals surface area contributed by atoms with E-state index in [9.17, 15) is 0 Å². The second kappa shape index (κ2) is 5.32. The van der Waals surface area contributed by atoms with Gasteiger partial charge in [0, 0.05) is 26.2 Å². The molecule has 0 aromatic rings. The predicted molar refractivity (Wildman–Crippen MR) is 42.6 cm³/mol. The van der Waals surface area contributed by atoms with E-state index in [1.807, 2.05) is 0 Å². The fourth-order valence-electron chi connectivity index (χ4n) is 0.997. The van der Waals surface area contributed by atoms with Crippen LogP contribution in [0.3, 0.4) is 0 Å². The number of hydrogen-bond donors (Lipinski definition) is 0. The van der Waals surface area contributed by atoms with Gasteiger partial charge in [0.25, 0.3) is 0 Å². The Kier molecular flexibility index (Phi) is 7.06. The van der Waals surface area contributed by atoms with Gasteiger partial charge < -0.3 is 0 Å². The van der Waals surface area contributed by atoms with E-state index in [1.165, 1.54) is 11.1 Å². The molecule has 1 aliphatic rings. The SMILES string of the molecule is CC1=[C-]C(C)C=C1C.Cl.[Zr]. The maximum Gasteiger partial charge on any atom is 0 e. The van der Waals surface area contributed by atoms with Crippen LogP contribution in [0.15, 0.2) is 17.2 Å². The van der Waals surface area contributed by atoms with Gasteiger partial charge in [-0.25, -0.2) is 11.1 Å². The van der Waals surface area contributed by atoms with Crippen molar-refractivity contribution in [2.45, 2.75) is 20.8 Å². The molecule has 0 aliphatic heterocycles. The molecule has 0 bridgehead atoms. The molecule has 0 nitrogen and oxygen atoms in total. The largest absolute Gasteiger partial charge is 0.266 e. The molecule has 0 N–H and O–H groups in total. The van der Waals surface area contributed by atoms with Gasteiger partial charge >= 0.3 is 0 Å². The van der Waals surface area contributed by atoms with E-state index in [1.54, 1.807) is 0 Å². The van der Waals surface area contributed by atoms with Crippen molar-refractivity contribution in [1.82, 2.24) is 0 Å². The van der Waals surface area contributed by atoms with E-state index >= 15 is 0 Å². The summed E-state index contributed by atoms with van der Waals surface area (Å²) in [5.74, 6) is 0.551. The van der Waals surface area contributed by atoms with E-state index < -0.39 is 0 Å². The molecule has 0 amide bonds. The van der Waals surface area contributed by atoms with E-state index in [4.69, 9.17) is 0 Å². The minimum absolute atomic E-state index is 0. The average Bonchev–Trinajstić information content (AvgIpc) is 1.85. The van der Waals surface area contributed by atoms with E-state index in [2.05, 4.69) is 32.9 Å². The first-order valence-corrected chi connectivity index (χ1v) is 2.99. The molecular weight excluding hydrogens is 223 g/mol. The van der Waals surface area contributed by atoms with Crippen LogP contribution in [-0.4, -0.2) is 0 Å². The van der Waals surface area contributed by atoms with Crippen LogP contribution in [0.25, 0.3) is 0 Å². The Morgan fingerprint density at radius 2 is 1.90 bits per heavy atom. The Bertz CT molecular complexity index is 141. The first-order chi connectivity index (χ1) is 3.70. The van der Waals surface area contributed by atoms with E-state index in [0.29, 0.717) is 5.92 Å². The van der Waals surface area contributed by atoms with Crippen molar-refractivity contribution >= 4 is 12.4 Å². The van der Waals surface area contributed by atoms with Crippen molar-refractivity contribution < 1.29 is 26.2 Å². The Hall–Kier alpha value is 0.653. The van der Waals surface area contributed by atoms with Gasteiger partial charge in [0.2, 0.25) is 0 Å². The zero-order chi connectivity index (χ0) is 6.15. The van der Waals surface area contributed by atoms with Crippen LogP contribution < -0.4 is 0 Å². The normalized spacial score (nSPS) is 22.1. The van der Waals surface area contributed by atoms with Crippen LogP contribution in [-0.2, 0) is 26.2 Å². The zero-order valence-electron chi connectivity index (χ0n) is 6.56. The minimum Gasteiger partial charge on any atom is -0.266 e. The predicted octanol–water partition coefficient (Wildman–Crippen LogP) is 2.75. The molecule has 10 heavy (non-hydrogen) atoms. The summed E-state index contributed by atoms with van der Waals surface area (Å²) in [5, 5.41) is 0. The van der Waals surface area contributed by atoms with Crippen molar-refractivity contribution in [2.24, 2.45) is 5.92 Å². The van der Waals surface area contributed by atoms with Gasteiger partial charge in [0.15, 0.2) is 0 Å². The fraction of sp³-hybridized carbons (Fsp3) is 0.500. The molecule has 1 rings (SSSR count). The standard InChI is InChI=1S/C8H11.ClH.Zr/c1-6-4-7(2)8(3)5-6;;/h4,6H,1-3H3;1H;/q-1;;. The van der Waals surface area contributed by atoms with Crippen molar-refractivity contribution in [3.8, 4) is 0 Å². The summed E-state index contributed by atoms with van der Waals surface area (Å²) in [6.45, 7) is 6.39. The van der Waals surface area contributed by atoms with Crippen molar-refractivity contribution in [3.63, 3.8) is 0 Å². The van der Waals surface area contributed by atoms with E-state index in [0.717, 1.165) is 0 Å². The van der Waals surface area contributed by atoms with Gasteiger partial charge in [-0.3, -0.25) is 6.08 Å². The molecule has 0 spiro atoms. The Morgan fingerprint density at radius 1 is 1.40 bits per heavy atom. The quantitative estimate of drug-likeness (QED) is 0.566. The zero-order valence-corrected chi connectivity index (χ0v) is 9.84. The molecule has 1 unspecified atom stereocenters. The summed E-state index contributed by atoms with van der Waals surface area (Å²) >= 11 is 0. The molecule has 0 heterocycles. The third-order valence-electron chi connectivity index (χ3n) is 1.54. The maximum atomic E-state index is 3.29. The molecule has 0 saturated carbocycles. The number of allylic oxidation sites excluding steroid dienone is 4. The van der Waals surface area contributed by atoms with Crippen LogP contribution in [0.2, 0.25) is 0 Å². The summed E-state index contributed by atoms with van der Waals surface area (Å²) in [5.41, 5.74) is 2.70. The Labute approximate surface area is 88.3 Å². The van der Waals surface area contributed by atoms with Crippen LogP contribution in [0.5, 0.6) is 0 Å². The van der Waals surface area contributed by atoms with Crippen LogP contribution >= 0.6 is 12.4 Å². The van der Waals surface area contributed by atoms with Gasteiger partial charge in [0.1, 0.15) is 0 Å². The van der Waals surface area contributed by atoms with Crippen molar-refractivity contribution in [1.29, 1.82) is 0 Å². The Balaban J connectivity index is 0. The molecular formula is C8H12ClZr-. The van der Waals surface area contributed by atoms with Gasteiger partial charge in [-0.1, -0.05) is 19.8 Å². The van der Waals surface area contributed by atoms with Crippen LogP contribution in [0.4, 0.5) is 0 Å². The summed E-state index contributed by atoms with van der Waals surface area (Å²) in [4.78, 5) is 0. The average molecular weight is 235 g/mol. The van der Waals surface area contributed by atoms with Crippen LogP contribution in [0.1, 0.15) is 20.8 Å². The first kappa shape index (κ1) is 13.3. The number of rotatable bonds is 0. The first-order valence-electron chi connectivity index (χ1n) is 2.99. The van der Waals surface area contributed by atoms with Gasteiger partial charge in [-0.05, 0) is 0 Å². The summed E-state index contributed by atoms with van der Waals surface area (Å²) in [6, 6.07) is 0. The summed E-state index contributed by atoms with van der Waals surface area (Å²) in [6.07, 6.45) is 5.52. The second-order valence-corrected chi connectivity index (χ2v) is 2.41. The molecule has 56 valence electrons. The smallest absolute Gasteiger partial charge is 0 e. The molecule has 1 aliphatic carbocycles. The second-order valence-electron chi connectivity index (χ2n) is 2.41. The molecule has 0 saturated heterocycles. The summed E-state index contributed by atoms with van der Waals surface area (Å²) in [7, 11) is 0. The minimum atomic E-state index is 0. The van der Waals surface area contributed by atoms with Crippen molar-refractivity contribution in [2.75, 3.05) is 0 Å². The van der Waals surface area contributed by atoms with Crippen LogP contribution in [0, 0.1) is 12.0 Å². The Morgan fingerprint density at radius 3 is 2.00 bits per heavy atom. The molecule has 1 atom stereocenters. The van der Waals surface area contributed by atoms with Gasteiger partial charge in [-0.15, -0.1) is 19.3 Å². The maximum absolute atomic E-state index is 3.29. The summed E-state index contributed by atoms with van der Waals surface area (Å²) < 4.78 is 0. The third kappa shape index (κ3) is 3.17. The van der Waals surface area contributed by atoms with E-state index in [-0.39, 0.29) is 38.6 Å². The van der Waals surface area contributed by atoms with Gasteiger partial charge in [0.05, 0.1) is 0 Å². The third-order valence-corrected chi connectivity index (χ3v) is 1.54. The van der Waals surface area contributed by atoms with Gasteiger partial charge in [-0.2, -0.15) is 6.08 Å². The monoisotopic (exact) mass is 233 g/mol. The van der Waals surface area contributed by atoms with Crippen molar-refractivity contribution in [3.05, 3.63) is 23.3 Å².